The van der Waals surface area contributed by atoms with Crippen LogP contribution in [0, 0.1) is 0 Å². The fraction of sp³-hybridized carbons (Fsp3) is 0.872. The van der Waals surface area contributed by atoms with Gasteiger partial charge in [0.2, 0.25) is 0 Å². The fourth-order valence-electron chi connectivity index (χ4n) is 5.54. The van der Waals surface area contributed by atoms with Crippen molar-refractivity contribution in [2.24, 2.45) is 0 Å². The lowest BCUT2D eigenvalue weighted by molar-refractivity contribution is 0.0150. The molecule has 0 heterocycles. The second kappa shape index (κ2) is 35.2. The van der Waals surface area contributed by atoms with E-state index in [1.54, 1.807) is 0 Å². The van der Waals surface area contributed by atoms with E-state index in [0.717, 1.165) is 45.1 Å². The third-order valence-corrected chi connectivity index (χ3v) is 8.34. The molecular weight excluding hydrogens is 530 g/mol. The van der Waals surface area contributed by atoms with Crippen molar-refractivity contribution in [3.63, 3.8) is 0 Å². The van der Waals surface area contributed by atoms with Gasteiger partial charge in [0.25, 0.3) is 0 Å². The molecule has 0 aromatic carbocycles. The molecule has 0 rings (SSSR count). The number of hydrogen-bond donors (Lipinski definition) is 0. The predicted molar refractivity (Wildman–Crippen MR) is 189 cm³/mol. The van der Waals surface area contributed by atoms with E-state index < -0.39 is 6.16 Å². The van der Waals surface area contributed by atoms with E-state index in [2.05, 4.69) is 43.1 Å². The molecule has 0 N–H and O–H groups in total. The van der Waals surface area contributed by atoms with Gasteiger partial charge < -0.3 is 14.4 Å². The molecule has 4 nitrogen and oxygen atoms in total. The summed E-state index contributed by atoms with van der Waals surface area (Å²) >= 11 is 0. The summed E-state index contributed by atoms with van der Waals surface area (Å²) in [5.41, 5.74) is 0. The zero-order valence-electron chi connectivity index (χ0n) is 29.6. The van der Waals surface area contributed by atoms with Crippen LogP contribution in [0.2, 0.25) is 0 Å². The summed E-state index contributed by atoms with van der Waals surface area (Å²) in [7, 11) is 4.07. The lowest BCUT2D eigenvalue weighted by Gasteiger charge is -2.18. The molecule has 254 valence electrons. The molecule has 43 heavy (non-hydrogen) atoms. The first-order valence-electron chi connectivity index (χ1n) is 18.9. The molecule has 0 radical (unpaired) electrons. The van der Waals surface area contributed by atoms with Crippen molar-refractivity contribution in [1.29, 1.82) is 0 Å². The highest BCUT2D eigenvalue weighted by molar-refractivity contribution is 5.60. The summed E-state index contributed by atoms with van der Waals surface area (Å²) in [6.07, 6.45) is 42.9. The number of allylic oxidation sites excluding steroid dienone is 4. The first-order valence-corrected chi connectivity index (χ1v) is 18.9. The number of rotatable bonds is 33. The van der Waals surface area contributed by atoms with Gasteiger partial charge in [-0.05, 0) is 78.3 Å². The second-order valence-corrected chi connectivity index (χ2v) is 13.0. The number of carbonyl (C=O) groups is 1. The molecule has 0 saturated carbocycles. The van der Waals surface area contributed by atoms with Gasteiger partial charge in [-0.15, -0.1) is 0 Å². The highest BCUT2D eigenvalue weighted by Gasteiger charge is 2.15. The Morgan fingerprint density at radius 2 is 0.977 bits per heavy atom. The average Bonchev–Trinajstić information content (AvgIpc) is 2.99. The molecule has 0 saturated heterocycles. The molecule has 4 heteroatoms. The van der Waals surface area contributed by atoms with E-state index in [1.807, 2.05) is 14.1 Å². The maximum absolute atomic E-state index is 12.3. The minimum atomic E-state index is -0.471. The molecule has 0 aromatic rings. The molecule has 0 amide bonds. The molecule has 0 aliphatic heterocycles. The minimum Gasteiger partial charge on any atom is -0.434 e. The van der Waals surface area contributed by atoms with Gasteiger partial charge in [-0.1, -0.05) is 147 Å². The van der Waals surface area contributed by atoms with Crippen LogP contribution >= 0.6 is 0 Å². The van der Waals surface area contributed by atoms with Gasteiger partial charge in [-0.3, -0.25) is 0 Å². The summed E-state index contributed by atoms with van der Waals surface area (Å²) in [5, 5.41) is 0. The van der Waals surface area contributed by atoms with Gasteiger partial charge in [0, 0.05) is 6.54 Å². The summed E-state index contributed by atoms with van der Waals surface area (Å²) in [6.45, 7) is 5.90. The van der Waals surface area contributed by atoms with Crippen LogP contribution in [0.1, 0.15) is 187 Å². The van der Waals surface area contributed by atoms with Gasteiger partial charge in [0.15, 0.2) is 0 Å². The minimum absolute atomic E-state index is 0.00650. The van der Waals surface area contributed by atoms with Crippen LogP contribution in [-0.4, -0.2) is 44.4 Å². The van der Waals surface area contributed by atoms with Crippen LogP contribution in [-0.2, 0) is 9.47 Å². The smallest absolute Gasteiger partial charge is 0.434 e. The zero-order chi connectivity index (χ0) is 31.5. The maximum atomic E-state index is 12.3. The van der Waals surface area contributed by atoms with Crippen molar-refractivity contribution in [1.82, 2.24) is 4.90 Å². The van der Waals surface area contributed by atoms with Crippen molar-refractivity contribution in [2.45, 2.75) is 193 Å². The lowest BCUT2D eigenvalue weighted by atomic mass is 10.0. The van der Waals surface area contributed by atoms with Crippen LogP contribution < -0.4 is 0 Å². The van der Waals surface area contributed by atoms with Crippen molar-refractivity contribution in [3.8, 4) is 0 Å². The zero-order valence-corrected chi connectivity index (χ0v) is 29.6. The third kappa shape index (κ3) is 35.1. The number of ether oxygens (including phenoxy) is 2. The number of unbranched alkanes of at least 4 members (excludes halogenated alkanes) is 20. The molecule has 0 aliphatic rings. The summed E-state index contributed by atoms with van der Waals surface area (Å²) in [6, 6.07) is 0. The standard InChI is InChI=1S/C39H75NO3/c1-5-7-9-11-13-15-17-19-20-22-24-26-28-30-32-35-38(43-39(41)42-37-33-36-40(3)4)34-31-29-27-25-23-21-18-16-14-12-10-8-6-2/h13,15,19-20,38H,5-12,14,16-18,21-37H2,1-4H3/b15-13-,20-19-. The molecular formula is C39H75NO3. The number of hydrogen-bond acceptors (Lipinski definition) is 4. The van der Waals surface area contributed by atoms with E-state index in [-0.39, 0.29) is 6.10 Å². The first kappa shape index (κ1) is 41.7. The average molecular weight is 606 g/mol. The Hall–Kier alpha value is -1.29. The molecule has 0 fully saturated rings. The van der Waals surface area contributed by atoms with E-state index in [4.69, 9.17) is 9.47 Å². The van der Waals surface area contributed by atoms with Gasteiger partial charge in [-0.25, -0.2) is 4.79 Å². The molecule has 0 bridgehead atoms. The van der Waals surface area contributed by atoms with Crippen molar-refractivity contribution >= 4 is 6.16 Å². The normalized spacial score (nSPS) is 12.6. The van der Waals surface area contributed by atoms with Crippen LogP contribution in [0.3, 0.4) is 0 Å². The predicted octanol–water partition coefficient (Wildman–Crippen LogP) is 12.8. The van der Waals surface area contributed by atoms with Crippen LogP contribution in [0.15, 0.2) is 24.3 Å². The van der Waals surface area contributed by atoms with Gasteiger partial charge >= 0.3 is 6.16 Å². The van der Waals surface area contributed by atoms with Crippen LogP contribution in [0.4, 0.5) is 4.79 Å². The van der Waals surface area contributed by atoms with Crippen LogP contribution in [0.25, 0.3) is 0 Å². The summed E-state index contributed by atoms with van der Waals surface area (Å²) in [5.74, 6) is 0. The lowest BCUT2D eigenvalue weighted by Crippen LogP contribution is -2.21. The van der Waals surface area contributed by atoms with E-state index in [0.29, 0.717) is 6.61 Å². The molecule has 0 aliphatic carbocycles. The van der Waals surface area contributed by atoms with Gasteiger partial charge in [0.05, 0.1) is 6.61 Å². The van der Waals surface area contributed by atoms with Crippen molar-refractivity contribution < 1.29 is 14.3 Å². The Morgan fingerprint density at radius 1 is 0.558 bits per heavy atom. The molecule has 0 spiro atoms. The van der Waals surface area contributed by atoms with Crippen LogP contribution in [0.5, 0.6) is 0 Å². The van der Waals surface area contributed by atoms with Gasteiger partial charge in [-0.2, -0.15) is 0 Å². The molecule has 1 atom stereocenters. The topological polar surface area (TPSA) is 38.8 Å². The Morgan fingerprint density at radius 3 is 1.47 bits per heavy atom. The second-order valence-electron chi connectivity index (χ2n) is 13.0. The summed E-state index contributed by atoms with van der Waals surface area (Å²) < 4.78 is 11.2. The Kier molecular flexibility index (Phi) is 34.1. The molecule has 1 unspecified atom stereocenters. The highest BCUT2D eigenvalue weighted by atomic mass is 16.7. The quantitative estimate of drug-likeness (QED) is 0.0424. The number of nitrogens with zero attached hydrogens (tertiary/aromatic N) is 1. The Balaban J connectivity index is 4.03. The first-order chi connectivity index (χ1) is 21.1. The fourth-order valence-corrected chi connectivity index (χ4v) is 5.54. The largest absolute Gasteiger partial charge is 0.508 e. The van der Waals surface area contributed by atoms with E-state index in [1.165, 1.54) is 135 Å². The van der Waals surface area contributed by atoms with E-state index >= 15 is 0 Å². The molecule has 0 aromatic heterocycles. The SMILES string of the molecule is CCCCC/C=C\C/C=C\CCCCCCCC(CCCCCCCCCCCCCCC)OC(=O)OCCCN(C)C. The number of carbonyl (C=O) groups excluding carboxylic acids is 1. The maximum Gasteiger partial charge on any atom is 0.508 e. The van der Waals surface area contributed by atoms with Gasteiger partial charge in [0.1, 0.15) is 6.10 Å². The Bertz CT molecular complexity index is 616. The Labute approximate surface area is 269 Å². The van der Waals surface area contributed by atoms with Crippen molar-refractivity contribution in [3.05, 3.63) is 24.3 Å². The monoisotopic (exact) mass is 606 g/mol. The third-order valence-electron chi connectivity index (χ3n) is 8.34. The van der Waals surface area contributed by atoms with Crippen molar-refractivity contribution in [2.75, 3.05) is 27.2 Å². The van der Waals surface area contributed by atoms with E-state index in [9.17, 15) is 4.79 Å². The highest BCUT2D eigenvalue weighted by Crippen LogP contribution is 2.18. The summed E-state index contributed by atoms with van der Waals surface area (Å²) in [4.78, 5) is 14.4.